The average Bonchev–Trinajstić information content (AvgIpc) is 2.93. The number of anilines is 1. The molecule has 0 aromatic heterocycles. The third-order valence-electron chi connectivity index (χ3n) is 6.22. The van der Waals surface area contributed by atoms with Crippen molar-refractivity contribution in [2.24, 2.45) is 0 Å². The number of fused-ring (bicyclic) bond motifs is 1. The maximum atomic E-state index is 12.9. The topological polar surface area (TPSA) is 66.9 Å². The molecule has 0 radical (unpaired) electrons. The average molecular weight is 445 g/mol. The van der Waals surface area contributed by atoms with Gasteiger partial charge in [-0.15, -0.1) is 0 Å². The van der Waals surface area contributed by atoms with E-state index in [0.717, 1.165) is 34.2 Å². The highest BCUT2D eigenvalue weighted by atomic mass is 32.2. The van der Waals surface area contributed by atoms with Gasteiger partial charge in [-0.1, -0.05) is 6.92 Å². The number of amides is 2. The first-order chi connectivity index (χ1) is 14.4. The summed E-state index contributed by atoms with van der Waals surface area (Å²) in [6.45, 7) is 14.8. The van der Waals surface area contributed by atoms with E-state index in [4.69, 9.17) is 4.74 Å². The number of hydrogen-bond donors (Lipinski definition) is 0. The number of methoxy groups -OCH3 is 1. The van der Waals surface area contributed by atoms with Gasteiger partial charge >= 0.3 is 5.97 Å². The minimum atomic E-state index is -0.949. The van der Waals surface area contributed by atoms with Crippen molar-refractivity contribution < 1.29 is 19.1 Å². The Morgan fingerprint density at radius 1 is 1.26 bits per heavy atom. The number of rotatable bonds is 4. The lowest BCUT2D eigenvalue weighted by Crippen LogP contribution is -2.51. The van der Waals surface area contributed by atoms with Gasteiger partial charge in [0.15, 0.2) is 0 Å². The Morgan fingerprint density at radius 2 is 1.90 bits per heavy atom. The minimum Gasteiger partial charge on any atom is -0.467 e. The number of nitrogens with zero attached hydrogens (tertiary/aromatic N) is 2. The zero-order valence-corrected chi connectivity index (χ0v) is 20.4. The first-order valence-electron chi connectivity index (χ1n) is 10.7. The molecule has 0 saturated carbocycles. The second kappa shape index (κ2) is 8.34. The molecule has 31 heavy (non-hydrogen) atoms. The molecule has 1 aromatic rings. The van der Waals surface area contributed by atoms with Crippen LogP contribution in [-0.4, -0.2) is 46.7 Å². The van der Waals surface area contributed by atoms with Crippen molar-refractivity contribution in [2.45, 2.75) is 78.4 Å². The van der Waals surface area contributed by atoms with E-state index in [-0.39, 0.29) is 5.54 Å². The van der Waals surface area contributed by atoms with Gasteiger partial charge in [0.2, 0.25) is 0 Å². The van der Waals surface area contributed by atoms with Gasteiger partial charge in [-0.25, -0.2) is 4.79 Å². The molecular weight excluding hydrogens is 412 g/mol. The van der Waals surface area contributed by atoms with E-state index in [0.29, 0.717) is 16.9 Å². The first kappa shape index (κ1) is 23.4. The Kier molecular flexibility index (Phi) is 6.29. The number of aryl methyl sites for hydroxylation is 1. The van der Waals surface area contributed by atoms with E-state index in [9.17, 15) is 14.4 Å². The van der Waals surface area contributed by atoms with Gasteiger partial charge in [0.05, 0.1) is 12.0 Å². The molecule has 0 spiro atoms. The van der Waals surface area contributed by atoms with E-state index in [1.807, 2.05) is 6.92 Å². The third-order valence-corrected chi connectivity index (χ3v) is 7.10. The number of thioether (sulfide) groups is 1. The molecule has 2 amide bonds. The zero-order chi connectivity index (χ0) is 23.2. The summed E-state index contributed by atoms with van der Waals surface area (Å²) >= 11 is 0.865. The van der Waals surface area contributed by atoms with Crippen molar-refractivity contribution in [3.8, 4) is 0 Å². The number of carbonyl (C=O) groups is 3. The molecule has 1 fully saturated rings. The van der Waals surface area contributed by atoms with Crippen LogP contribution in [0.1, 0.15) is 70.6 Å². The van der Waals surface area contributed by atoms with Crippen LogP contribution in [0.25, 0.3) is 6.08 Å². The SMILES string of the molecule is COC(=O)[C@H](C)N1C(=O)S/C(=C/c2cc3c(cc2C)N(C(C)C)C(C)(C)C[C@@H]3C)C1=O. The Morgan fingerprint density at radius 3 is 2.48 bits per heavy atom. The van der Waals surface area contributed by atoms with Gasteiger partial charge in [0.25, 0.3) is 11.1 Å². The van der Waals surface area contributed by atoms with Crippen molar-refractivity contribution in [1.29, 1.82) is 0 Å². The number of esters is 1. The zero-order valence-electron chi connectivity index (χ0n) is 19.6. The molecule has 2 heterocycles. The highest BCUT2D eigenvalue weighted by molar-refractivity contribution is 8.18. The molecule has 0 unspecified atom stereocenters. The second-order valence-corrected chi connectivity index (χ2v) is 10.4. The molecule has 3 rings (SSSR count). The Bertz CT molecular complexity index is 967. The van der Waals surface area contributed by atoms with E-state index in [1.54, 1.807) is 6.08 Å². The monoisotopic (exact) mass is 444 g/mol. The van der Waals surface area contributed by atoms with Crippen molar-refractivity contribution in [1.82, 2.24) is 4.90 Å². The summed E-state index contributed by atoms with van der Waals surface area (Å²) in [5, 5.41) is -0.453. The molecule has 168 valence electrons. The quantitative estimate of drug-likeness (QED) is 0.476. The lowest BCUT2D eigenvalue weighted by atomic mass is 9.78. The summed E-state index contributed by atoms with van der Waals surface area (Å²) in [5.41, 5.74) is 4.52. The number of benzene rings is 1. The molecule has 0 N–H and O–H groups in total. The third kappa shape index (κ3) is 4.12. The summed E-state index contributed by atoms with van der Waals surface area (Å²) in [6.07, 6.45) is 2.81. The molecular formula is C24H32N2O4S. The Balaban J connectivity index is 2.02. The molecule has 0 bridgehead atoms. The van der Waals surface area contributed by atoms with Crippen LogP contribution in [-0.2, 0) is 14.3 Å². The predicted octanol–water partition coefficient (Wildman–Crippen LogP) is 5.09. The summed E-state index contributed by atoms with van der Waals surface area (Å²) in [7, 11) is 1.24. The molecule has 1 saturated heterocycles. The number of carbonyl (C=O) groups excluding carboxylic acids is 3. The van der Waals surface area contributed by atoms with Gasteiger partial charge in [-0.05, 0) is 101 Å². The van der Waals surface area contributed by atoms with E-state index >= 15 is 0 Å². The second-order valence-electron chi connectivity index (χ2n) is 9.40. The summed E-state index contributed by atoms with van der Waals surface area (Å²) in [4.78, 5) is 40.9. The van der Waals surface area contributed by atoms with E-state index in [1.165, 1.54) is 25.3 Å². The Labute approximate surface area is 189 Å². The standard InChI is InChI=1S/C24H32N2O4S/c1-13(2)26-19-9-14(3)17(10-18(19)15(4)12-24(26,6)7)11-20-21(27)25(23(29)31-20)16(5)22(28)30-8/h9-11,13,15-16H,12H2,1-8H3/b20-11+/t15-,16-/m0/s1. The lowest BCUT2D eigenvalue weighted by molar-refractivity contribution is -0.148. The van der Waals surface area contributed by atoms with E-state index < -0.39 is 23.2 Å². The fourth-order valence-electron chi connectivity index (χ4n) is 4.98. The smallest absolute Gasteiger partial charge is 0.328 e. The van der Waals surface area contributed by atoms with E-state index in [2.05, 4.69) is 51.7 Å². The van der Waals surface area contributed by atoms with Gasteiger partial charge in [-0.2, -0.15) is 0 Å². The van der Waals surface area contributed by atoms with Crippen LogP contribution in [0.3, 0.4) is 0 Å². The van der Waals surface area contributed by atoms with Crippen LogP contribution < -0.4 is 4.90 Å². The van der Waals surface area contributed by atoms with Gasteiger partial charge in [0.1, 0.15) is 6.04 Å². The molecule has 0 aliphatic carbocycles. The van der Waals surface area contributed by atoms with Crippen LogP contribution in [0.5, 0.6) is 0 Å². The first-order valence-corrected chi connectivity index (χ1v) is 11.5. The maximum Gasteiger partial charge on any atom is 0.328 e. The largest absolute Gasteiger partial charge is 0.467 e. The number of hydrogen-bond acceptors (Lipinski definition) is 6. The molecule has 2 atom stereocenters. The Hall–Kier alpha value is -2.28. The van der Waals surface area contributed by atoms with Crippen LogP contribution in [0, 0.1) is 6.92 Å². The van der Waals surface area contributed by atoms with Crippen molar-refractivity contribution >= 4 is 40.6 Å². The van der Waals surface area contributed by atoms with Gasteiger partial charge < -0.3 is 9.64 Å². The number of ether oxygens (including phenoxy) is 1. The highest BCUT2D eigenvalue weighted by Gasteiger charge is 2.42. The van der Waals surface area contributed by atoms with Crippen LogP contribution in [0.2, 0.25) is 0 Å². The van der Waals surface area contributed by atoms with Crippen molar-refractivity contribution in [2.75, 3.05) is 12.0 Å². The lowest BCUT2D eigenvalue weighted by Gasteiger charge is -2.50. The molecule has 1 aromatic carbocycles. The predicted molar refractivity (Wildman–Crippen MR) is 125 cm³/mol. The van der Waals surface area contributed by atoms with Gasteiger partial charge in [-0.3, -0.25) is 14.5 Å². The normalized spacial score (nSPS) is 22.9. The fourth-order valence-corrected chi connectivity index (χ4v) is 5.88. The molecule has 2 aliphatic rings. The molecule has 7 heteroatoms. The van der Waals surface area contributed by atoms with Crippen molar-refractivity contribution in [3.63, 3.8) is 0 Å². The maximum absolute atomic E-state index is 12.9. The summed E-state index contributed by atoms with van der Waals surface area (Å²) in [6, 6.07) is 3.76. The summed E-state index contributed by atoms with van der Waals surface area (Å²) < 4.78 is 4.70. The number of imide groups is 1. The van der Waals surface area contributed by atoms with Crippen LogP contribution in [0.4, 0.5) is 10.5 Å². The van der Waals surface area contributed by atoms with Crippen LogP contribution >= 0.6 is 11.8 Å². The molecule has 6 nitrogen and oxygen atoms in total. The fraction of sp³-hybridized carbons (Fsp3) is 0.542. The summed E-state index contributed by atoms with van der Waals surface area (Å²) in [5.74, 6) is -0.691. The van der Waals surface area contributed by atoms with Gasteiger partial charge in [0, 0.05) is 17.3 Å². The van der Waals surface area contributed by atoms with Crippen LogP contribution in [0.15, 0.2) is 17.0 Å². The highest BCUT2D eigenvalue weighted by Crippen LogP contribution is 2.46. The minimum absolute atomic E-state index is 0.0568. The van der Waals surface area contributed by atoms with Crippen molar-refractivity contribution in [3.05, 3.63) is 33.7 Å². The molecule has 2 aliphatic heterocycles.